The molecule has 1 amide bonds. The fourth-order valence-corrected chi connectivity index (χ4v) is 3.24. The number of rotatable bonds is 3. The summed E-state index contributed by atoms with van der Waals surface area (Å²) in [5, 5.41) is 3.16. The summed E-state index contributed by atoms with van der Waals surface area (Å²) in [4.78, 5) is 21.9. The number of carbonyl (C=O) groups is 1. The van der Waals surface area contributed by atoms with E-state index in [2.05, 4.69) is 15.3 Å². The first kappa shape index (κ1) is 14.2. The van der Waals surface area contributed by atoms with Crippen molar-refractivity contribution in [3.05, 3.63) is 18.3 Å². The number of nitrogens with one attached hydrogen (secondary N) is 1. The molecule has 1 N–H and O–H groups in total. The number of halogens is 1. The highest BCUT2D eigenvalue weighted by atomic mass is 19.1. The zero-order valence-electron chi connectivity index (χ0n) is 12.1. The molecule has 1 aliphatic heterocycles. The van der Waals surface area contributed by atoms with Crippen LogP contribution in [0.4, 0.5) is 10.2 Å². The van der Waals surface area contributed by atoms with Crippen LogP contribution in [0.5, 0.6) is 0 Å². The lowest BCUT2D eigenvalue weighted by Crippen LogP contribution is -2.41. The highest BCUT2D eigenvalue weighted by Crippen LogP contribution is 2.24. The Balaban J connectivity index is 1.52. The first-order valence-electron chi connectivity index (χ1n) is 7.75. The van der Waals surface area contributed by atoms with Crippen LogP contribution in [0.2, 0.25) is 0 Å². The van der Waals surface area contributed by atoms with Gasteiger partial charge >= 0.3 is 0 Å². The van der Waals surface area contributed by atoms with E-state index in [0.29, 0.717) is 5.82 Å². The van der Waals surface area contributed by atoms with E-state index in [1.807, 2.05) is 4.90 Å². The third-order valence-corrected chi connectivity index (χ3v) is 4.44. The van der Waals surface area contributed by atoms with Gasteiger partial charge in [0.15, 0.2) is 0 Å². The zero-order chi connectivity index (χ0) is 14.7. The summed E-state index contributed by atoms with van der Waals surface area (Å²) in [6, 6.07) is 0.159. The lowest BCUT2D eigenvalue weighted by atomic mass is 9.88. The van der Waals surface area contributed by atoms with E-state index in [4.69, 9.17) is 0 Å². The minimum absolute atomic E-state index is 0.159. The quantitative estimate of drug-likeness (QED) is 0.924. The molecule has 0 radical (unpaired) electrons. The van der Waals surface area contributed by atoms with Crippen molar-refractivity contribution < 1.29 is 9.18 Å². The van der Waals surface area contributed by atoms with Crippen molar-refractivity contribution in [1.29, 1.82) is 0 Å². The average Bonchev–Trinajstić information content (AvgIpc) is 2.97. The predicted octanol–water partition coefficient (Wildman–Crippen LogP) is 1.89. The third-order valence-electron chi connectivity index (χ3n) is 4.44. The molecule has 1 aliphatic carbocycles. The minimum atomic E-state index is -0.569. The van der Waals surface area contributed by atoms with Crippen molar-refractivity contribution in [3.63, 3.8) is 0 Å². The van der Waals surface area contributed by atoms with E-state index in [9.17, 15) is 9.18 Å². The van der Waals surface area contributed by atoms with E-state index in [-0.39, 0.29) is 17.9 Å². The van der Waals surface area contributed by atoms with Gasteiger partial charge in [0.2, 0.25) is 11.9 Å². The summed E-state index contributed by atoms with van der Waals surface area (Å²) in [6.07, 6.45) is 9.10. The van der Waals surface area contributed by atoms with Crippen LogP contribution in [0, 0.1) is 11.9 Å². The summed E-state index contributed by atoms with van der Waals surface area (Å²) < 4.78 is 12.8. The maximum absolute atomic E-state index is 12.8. The normalized spacial score (nSPS) is 23.3. The molecule has 1 saturated carbocycles. The Morgan fingerprint density at radius 3 is 2.71 bits per heavy atom. The fraction of sp³-hybridized carbons (Fsp3) is 0.667. The molecule has 2 aliphatic rings. The molecule has 1 saturated heterocycles. The molecule has 2 heterocycles. The molecular weight excluding hydrogens is 271 g/mol. The third kappa shape index (κ3) is 3.49. The summed E-state index contributed by atoms with van der Waals surface area (Å²) in [5.74, 6) is 0.496. The van der Waals surface area contributed by atoms with Crippen molar-refractivity contribution in [1.82, 2.24) is 15.3 Å². The van der Waals surface area contributed by atoms with Gasteiger partial charge in [0.05, 0.1) is 12.4 Å². The lowest BCUT2D eigenvalue weighted by molar-refractivity contribution is -0.126. The molecule has 21 heavy (non-hydrogen) atoms. The van der Waals surface area contributed by atoms with Crippen LogP contribution >= 0.6 is 0 Å². The van der Waals surface area contributed by atoms with Gasteiger partial charge in [0.25, 0.3) is 0 Å². The molecule has 1 aromatic heterocycles. The molecule has 5 nitrogen and oxygen atoms in total. The van der Waals surface area contributed by atoms with Gasteiger partial charge in [0.1, 0.15) is 5.82 Å². The number of amides is 1. The van der Waals surface area contributed by atoms with Gasteiger partial charge in [-0.25, -0.2) is 9.97 Å². The van der Waals surface area contributed by atoms with E-state index < -0.39 is 5.95 Å². The number of anilines is 1. The van der Waals surface area contributed by atoms with Crippen molar-refractivity contribution in [2.75, 3.05) is 18.0 Å². The van der Waals surface area contributed by atoms with Gasteiger partial charge in [-0.2, -0.15) is 4.39 Å². The standard InChI is InChI=1S/C15H21FN4O/c16-13-8-18-14(9-17-13)20-7-6-12(10-20)19-15(21)11-4-2-1-3-5-11/h8-9,11-12H,1-7,10H2,(H,19,21)/t12-/m0/s1. The molecule has 114 valence electrons. The summed E-state index contributed by atoms with van der Waals surface area (Å²) in [7, 11) is 0. The molecule has 1 aromatic rings. The second-order valence-electron chi connectivity index (χ2n) is 5.97. The Hall–Kier alpha value is -1.72. The van der Waals surface area contributed by atoms with Crippen LogP contribution in [-0.4, -0.2) is 35.0 Å². The monoisotopic (exact) mass is 292 g/mol. The molecule has 0 spiro atoms. The largest absolute Gasteiger partial charge is 0.353 e. The van der Waals surface area contributed by atoms with E-state index >= 15 is 0 Å². The number of hydrogen-bond donors (Lipinski definition) is 1. The first-order chi connectivity index (χ1) is 10.2. The van der Waals surface area contributed by atoms with Gasteiger partial charge in [0, 0.05) is 25.0 Å². The number of carbonyl (C=O) groups excluding carboxylic acids is 1. The molecule has 0 bridgehead atoms. The molecule has 1 atom stereocenters. The summed E-state index contributed by atoms with van der Waals surface area (Å²) in [5.41, 5.74) is 0. The topological polar surface area (TPSA) is 58.1 Å². The van der Waals surface area contributed by atoms with Crippen molar-refractivity contribution in [2.45, 2.75) is 44.6 Å². The van der Waals surface area contributed by atoms with Gasteiger partial charge < -0.3 is 10.2 Å². The molecule has 0 unspecified atom stereocenters. The second-order valence-corrected chi connectivity index (χ2v) is 5.97. The number of nitrogens with zero attached hydrogens (tertiary/aromatic N) is 3. The second kappa shape index (κ2) is 6.37. The Morgan fingerprint density at radius 2 is 2.00 bits per heavy atom. The first-order valence-corrected chi connectivity index (χ1v) is 7.75. The Kier molecular flexibility index (Phi) is 4.31. The average molecular weight is 292 g/mol. The molecule has 0 aromatic carbocycles. The van der Waals surface area contributed by atoms with Crippen molar-refractivity contribution >= 4 is 11.7 Å². The van der Waals surface area contributed by atoms with Gasteiger partial charge in [-0.05, 0) is 19.3 Å². The highest BCUT2D eigenvalue weighted by molar-refractivity contribution is 5.79. The Morgan fingerprint density at radius 1 is 1.19 bits per heavy atom. The van der Waals surface area contributed by atoms with Crippen molar-refractivity contribution in [2.24, 2.45) is 5.92 Å². The molecule has 6 heteroatoms. The van der Waals surface area contributed by atoms with Crippen LogP contribution in [-0.2, 0) is 4.79 Å². The Labute approximate surface area is 124 Å². The van der Waals surface area contributed by atoms with Gasteiger partial charge in [-0.15, -0.1) is 0 Å². The molecule has 2 fully saturated rings. The van der Waals surface area contributed by atoms with Gasteiger partial charge in [-0.3, -0.25) is 4.79 Å². The zero-order valence-corrected chi connectivity index (χ0v) is 12.1. The number of hydrogen-bond acceptors (Lipinski definition) is 4. The summed E-state index contributed by atoms with van der Waals surface area (Å²) in [6.45, 7) is 1.54. The van der Waals surface area contributed by atoms with Crippen molar-refractivity contribution in [3.8, 4) is 0 Å². The SMILES string of the molecule is O=C(N[C@H]1CCN(c2cnc(F)cn2)C1)C1CCCCC1. The van der Waals surface area contributed by atoms with Crippen LogP contribution in [0.15, 0.2) is 12.4 Å². The van der Waals surface area contributed by atoms with Crippen LogP contribution in [0.1, 0.15) is 38.5 Å². The van der Waals surface area contributed by atoms with E-state index in [1.165, 1.54) is 25.5 Å². The summed E-state index contributed by atoms with van der Waals surface area (Å²) >= 11 is 0. The highest BCUT2D eigenvalue weighted by Gasteiger charge is 2.28. The van der Waals surface area contributed by atoms with Crippen LogP contribution < -0.4 is 10.2 Å². The smallest absolute Gasteiger partial charge is 0.231 e. The van der Waals surface area contributed by atoms with Crippen LogP contribution in [0.3, 0.4) is 0 Å². The maximum Gasteiger partial charge on any atom is 0.231 e. The van der Waals surface area contributed by atoms with E-state index in [0.717, 1.165) is 38.5 Å². The minimum Gasteiger partial charge on any atom is -0.353 e. The molecule has 3 rings (SSSR count). The molecular formula is C15H21FN4O. The predicted molar refractivity (Wildman–Crippen MR) is 77.3 cm³/mol. The van der Waals surface area contributed by atoms with Crippen LogP contribution in [0.25, 0.3) is 0 Å². The van der Waals surface area contributed by atoms with E-state index in [1.54, 1.807) is 0 Å². The number of aromatic nitrogens is 2. The fourth-order valence-electron chi connectivity index (χ4n) is 3.24. The lowest BCUT2D eigenvalue weighted by Gasteiger charge is -2.23. The Bertz CT molecular complexity index is 487. The van der Waals surface area contributed by atoms with Gasteiger partial charge in [-0.1, -0.05) is 19.3 Å². The maximum atomic E-state index is 12.8.